The van der Waals surface area contributed by atoms with Gasteiger partial charge in [-0.2, -0.15) is 0 Å². The molecule has 1 aliphatic rings. The number of aliphatic hydroxyl groups excluding tert-OH is 1. The smallest absolute Gasteiger partial charge is 0.225 e. The Balaban J connectivity index is 2.19. The van der Waals surface area contributed by atoms with E-state index >= 15 is 0 Å². The maximum atomic E-state index is 9.11. The average molecular weight is 235 g/mol. The van der Waals surface area contributed by atoms with Crippen molar-refractivity contribution < 1.29 is 5.11 Å². The molecule has 0 aromatic carbocycles. The van der Waals surface area contributed by atoms with E-state index in [4.69, 9.17) is 5.11 Å². The quantitative estimate of drug-likeness (QED) is 0.848. The van der Waals surface area contributed by atoms with Crippen LogP contribution >= 0.6 is 0 Å². The Kier molecular flexibility index (Phi) is 3.62. The summed E-state index contributed by atoms with van der Waals surface area (Å²) < 4.78 is 0. The zero-order valence-corrected chi connectivity index (χ0v) is 10.8. The van der Waals surface area contributed by atoms with Crippen LogP contribution in [0.3, 0.4) is 0 Å². The molecule has 2 atom stereocenters. The van der Waals surface area contributed by atoms with Gasteiger partial charge in [0.2, 0.25) is 5.95 Å². The fraction of sp³-hybridized carbons (Fsp3) is 0.692. The van der Waals surface area contributed by atoms with Gasteiger partial charge in [-0.25, -0.2) is 9.97 Å². The summed E-state index contributed by atoms with van der Waals surface area (Å²) in [6.45, 7) is 8.55. The lowest BCUT2D eigenvalue weighted by Crippen LogP contribution is -2.39. The summed E-state index contributed by atoms with van der Waals surface area (Å²) in [7, 11) is 0. The first-order valence-corrected chi connectivity index (χ1v) is 6.28. The standard InChI is InChI=1S/C13H21N3O/c1-9-4-10(2)7-16(6-9)13-14-5-12(8-17)11(3)15-13/h5,9-10,17H,4,6-8H2,1-3H3. The number of aliphatic hydroxyl groups is 1. The molecule has 0 amide bonds. The van der Waals surface area contributed by atoms with Crippen molar-refractivity contribution in [2.75, 3.05) is 18.0 Å². The highest BCUT2D eigenvalue weighted by molar-refractivity contribution is 5.33. The highest BCUT2D eigenvalue weighted by atomic mass is 16.3. The van der Waals surface area contributed by atoms with Gasteiger partial charge in [0.05, 0.1) is 6.61 Å². The summed E-state index contributed by atoms with van der Waals surface area (Å²) in [5.41, 5.74) is 1.69. The summed E-state index contributed by atoms with van der Waals surface area (Å²) in [6.07, 6.45) is 3.02. The second-order valence-electron chi connectivity index (χ2n) is 5.29. The van der Waals surface area contributed by atoms with Gasteiger partial charge in [-0.1, -0.05) is 13.8 Å². The van der Waals surface area contributed by atoms with Crippen molar-refractivity contribution in [3.8, 4) is 0 Å². The number of aromatic nitrogens is 2. The van der Waals surface area contributed by atoms with Gasteiger partial charge in [-0.3, -0.25) is 0 Å². The molecule has 0 spiro atoms. The number of rotatable bonds is 2. The summed E-state index contributed by atoms with van der Waals surface area (Å²) in [5.74, 6) is 2.19. The van der Waals surface area contributed by atoms with E-state index in [-0.39, 0.29) is 6.61 Å². The van der Waals surface area contributed by atoms with E-state index in [0.29, 0.717) is 11.8 Å². The summed E-state index contributed by atoms with van der Waals surface area (Å²) in [4.78, 5) is 11.1. The van der Waals surface area contributed by atoms with Gasteiger partial charge in [-0.15, -0.1) is 0 Å². The maximum absolute atomic E-state index is 9.11. The fourth-order valence-electron chi connectivity index (χ4n) is 2.61. The van der Waals surface area contributed by atoms with E-state index in [1.54, 1.807) is 6.20 Å². The molecule has 4 heteroatoms. The van der Waals surface area contributed by atoms with Crippen LogP contribution in [0.5, 0.6) is 0 Å². The molecule has 1 N–H and O–H groups in total. The first kappa shape index (κ1) is 12.3. The van der Waals surface area contributed by atoms with Crippen LogP contribution < -0.4 is 4.90 Å². The molecule has 2 heterocycles. The number of anilines is 1. The highest BCUT2D eigenvalue weighted by Gasteiger charge is 2.23. The summed E-state index contributed by atoms with van der Waals surface area (Å²) in [5, 5.41) is 9.11. The number of aryl methyl sites for hydroxylation is 1. The van der Waals surface area contributed by atoms with E-state index in [1.165, 1.54) is 6.42 Å². The molecule has 0 radical (unpaired) electrons. The van der Waals surface area contributed by atoms with Crippen LogP contribution in [0.2, 0.25) is 0 Å². The van der Waals surface area contributed by atoms with Crippen LogP contribution in [0.25, 0.3) is 0 Å². The number of hydrogen-bond acceptors (Lipinski definition) is 4. The van der Waals surface area contributed by atoms with Crippen LogP contribution in [0.15, 0.2) is 6.20 Å². The molecule has 2 rings (SSSR count). The monoisotopic (exact) mass is 235 g/mol. The van der Waals surface area contributed by atoms with Gasteiger partial charge in [0, 0.05) is 30.5 Å². The molecule has 4 nitrogen and oxygen atoms in total. The van der Waals surface area contributed by atoms with Crippen molar-refractivity contribution in [2.45, 2.75) is 33.8 Å². The van der Waals surface area contributed by atoms with Crippen LogP contribution in [0.1, 0.15) is 31.5 Å². The number of piperidine rings is 1. The number of nitrogens with zero attached hydrogens (tertiary/aromatic N) is 3. The van der Waals surface area contributed by atoms with Crippen LogP contribution in [-0.4, -0.2) is 28.2 Å². The van der Waals surface area contributed by atoms with Crippen molar-refractivity contribution in [1.29, 1.82) is 0 Å². The zero-order valence-electron chi connectivity index (χ0n) is 10.8. The molecule has 17 heavy (non-hydrogen) atoms. The topological polar surface area (TPSA) is 49.2 Å². The molecule has 1 aromatic rings. The van der Waals surface area contributed by atoms with Crippen molar-refractivity contribution in [3.05, 3.63) is 17.5 Å². The van der Waals surface area contributed by atoms with Crippen LogP contribution in [-0.2, 0) is 6.61 Å². The van der Waals surface area contributed by atoms with E-state index in [1.807, 2.05) is 6.92 Å². The summed E-state index contributed by atoms with van der Waals surface area (Å²) in [6, 6.07) is 0. The lowest BCUT2D eigenvalue weighted by atomic mass is 9.92. The van der Waals surface area contributed by atoms with Crippen molar-refractivity contribution in [1.82, 2.24) is 9.97 Å². The lowest BCUT2D eigenvalue weighted by Gasteiger charge is -2.35. The Bertz CT molecular complexity index is 384. The minimum Gasteiger partial charge on any atom is -0.392 e. The van der Waals surface area contributed by atoms with E-state index in [0.717, 1.165) is 30.3 Å². The minimum atomic E-state index is 0.0128. The first-order valence-electron chi connectivity index (χ1n) is 6.28. The molecule has 0 saturated carbocycles. The van der Waals surface area contributed by atoms with E-state index < -0.39 is 0 Å². The Morgan fingerprint density at radius 3 is 2.53 bits per heavy atom. The molecule has 1 fully saturated rings. The van der Waals surface area contributed by atoms with Crippen molar-refractivity contribution >= 4 is 5.95 Å². The highest BCUT2D eigenvalue weighted by Crippen LogP contribution is 2.24. The van der Waals surface area contributed by atoms with Crippen molar-refractivity contribution in [2.24, 2.45) is 11.8 Å². The van der Waals surface area contributed by atoms with Gasteiger partial charge < -0.3 is 10.0 Å². The molecule has 2 unspecified atom stereocenters. The Hall–Kier alpha value is -1.16. The zero-order chi connectivity index (χ0) is 12.4. The molecular weight excluding hydrogens is 214 g/mol. The van der Waals surface area contributed by atoms with E-state index in [2.05, 4.69) is 28.7 Å². The largest absolute Gasteiger partial charge is 0.392 e. The maximum Gasteiger partial charge on any atom is 0.225 e. The third kappa shape index (κ3) is 2.75. The molecule has 1 aromatic heterocycles. The van der Waals surface area contributed by atoms with Gasteiger partial charge >= 0.3 is 0 Å². The first-order chi connectivity index (χ1) is 8.10. The normalized spacial score (nSPS) is 25.1. The Morgan fingerprint density at radius 2 is 2.00 bits per heavy atom. The second kappa shape index (κ2) is 5.00. The molecular formula is C13H21N3O. The third-order valence-corrected chi connectivity index (χ3v) is 3.39. The predicted molar refractivity (Wildman–Crippen MR) is 67.8 cm³/mol. The van der Waals surface area contributed by atoms with Gasteiger partial charge in [0.1, 0.15) is 0 Å². The molecule has 0 bridgehead atoms. The van der Waals surface area contributed by atoms with Gasteiger partial charge in [-0.05, 0) is 25.2 Å². The molecule has 1 aliphatic heterocycles. The van der Waals surface area contributed by atoms with Crippen LogP contribution in [0, 0.1) is 18.8 Å². The van der Waals surface area contributed by atoms with Crippen molar-refractivity contribution in [3.63, 3.8) is 0 Å². The summed E-state index contributed by atoms with van der Waals surface area (Å²) >= 11 is 0. The predicted octanol–water partition coefficient (Wildman–Crippen LogP) is 1.76. The Labute approximate surface area is 103 Å². The SMILES string of the molecule is Cc1nc(N2CC(C)CC(C)C2)ncc1CO. The fourth-order valence-corrected chi connectivity index (χ4v) is 2.61. The lowest BCUT2D eigenvalue weighted by molar-refractivity contribution is 0.280. The minimum absolute atomic E-state index is 0.0128. The van der Waals surface area contributed by atoms with Gasteiger partial charge in [0.25, 0.3) is 0 Å². The number of hydrogen-bond donors (Lipinski definition) is 1. The van der Waals surface area contributed by atoms with Crippen LogP contribution in [0.4, 0.5) is 5.95 Å². The van der Waals surface area contributed by atoms with Gasteiger partial charge in [0.15, 0.2) is 0 Å². The van der Waals surface area contributed by atoms with E-state index in [9.17, 15) is 0 Å². The second-order valence-corrected chi connectivity index (χ2v) is 5.29. The molecule has 94 valence electrons. The molecule has 1 saturated heterocycles. The third-order valence-electron chi connectivity index (χ3n) is 3.39. The Morgan fingerprint density at radius 1 is 1.35 bits per heavy atom. The molecule has 0 aliphatic carbocycles. The average Bonchev–Trinajstić information content (AvgIpc) is 2.27.